The second kappa shape index (κ2) is 22.4. The monoisotopic (exact) mass is 810 g/mol. The summed E-state index contributed by atoms with van der Waals surface area (Å²) in [5.74, 6) is 0.0342. The Hall–Kier alpha value is -3.57. The van der Waals surface area contributed by atoms with Crippen molar-refractivity contribution in [3.63, 3.8) is 0 Å². The van der Waals surface area contributed by atoms with E-state index in [0.29, 0.717) is 39.8 Å². The van der Waals surface area contributed by atoms with Crippen molar-refractivity contribution < 1.29 is 21.6 Å². The van der Waals surface area contributed by atoms with Crippen molar-refractivity contribution in [2.75, 3.05) is 33.0 Å². The fourth-order valence-corrected chi connectivity index (χ4v) is 9.11. The molecule has 0 aliphatic rings. The molecule has 0 saturated heterocycles. The molecule has 3 N–H and O–H groups in total. The van der Waals surface area contributed by atoms with Crippen molar-refractivity contribution in [1.82, 2.24) is 0 Å². The van der Waals surface area contributed by atoms with Crippen molar-refractivity contribution in [3.05, 3.63) is 71.3 Å². The van der Waals surface area contributed by atoms with Crippen molar-refractivity contribution in [3.8, 4) is 0 Å². The van der Waals surface area contributed by atoms with E-state index < -0.39 is 20.0 Å². The molecule has 0 unspecified atom stereocenters. The number of hydrogen-bond acceptors (Lipinski definition) is 6. The van der Waals surface area contributed by atoms with E-state index in [9.17, 15) is 21.6 Å². The van der Waals surface area contributed by atoms with Gasteiger partial charge in [-0.05, 0) is 77.3 Å². The zero-order chi connectivity index (χ0) is 41.5. The highest BCUT2D eigenvalue weighted by atomic mass is 32.2. The van der Waals surface area contributed by atoms with E-state index in [4.69, 9.17) is 0 Å². The highest BCUT2D eigenvalue weighted by Gasteiger charge is 2.27. The predicted octanol–water partition coefficient (Wildman–Crippen LogP) is 12.4. The molecule has 3 aromatic carbocycles. The lowest BCUT2D eigenvalue weighted by Gasteiger charge is -2.23. The van der Waals surface area contributed by atoms with Gasteiger partial charge in [0.15, 0.2) is 0 Å². The maximum Gasteiger partial charge on any atom is 0.262 e. The lowest BCUT2D eigenvalue weighted by molar-refractivity contribution is -0.116. The van der Waals surface area contributed by atoms with Gasteiger partial charge in [-0.3, -0.25) is 13.8 Å². The predicted molar refractivity (Wildman–Crippen MR) is 238 cm³/mol. The number of amides is 1. The summed E-state index contributed by atoms with van der Waals surface area (Å²) in [5.41, 5.74) is 4.99. The summed E-state index contributed by atoms with van der Waals surface area (Å²) >= 11 is 0. The fraction of sp³-hybridized carbons (Fsp3) is 0.578. The molecule has 312 valence electrons. The second-order valence-corrected chi connectivity index (χ2v) is 19.9. The molecule has 1 amide bonds. The first-order valence-electron chi connectivity index (χ1n) is 20.9. The van der Waals surface area contributed by atoms with E-state index in [-0.39, 0.29) is 23.7 Å². The molecule has 0 spiro atoms. The maximum atomic E-state index is 14.3. The fourth-order valence-electron chi connectivity index (χ4n) is 6.87. The minimum atomic E-state index is -4.03. The van der Waals surface area contributed by atoms with Crippen LogP contribution in [0, 0.1) is 0 Å². The molecule has 0 saturated carbocycles. The molecule has 0 atom stereocenters. The van der Waals surface area contributed by atoms with Crippen LogP contribution in [-0.2, 0) is 24.8 Å². The number of unbranched alkanes of at least 4 members (excludes halogenated alkanes) is 12. The third kappa shape index (κ3) is 14.7. The number of hydrogen-bond donors (Lipinski definition) is 3. The van der Waals surface area contributed by atoms with Gasteiger partial charge in [0.25, 0.3) is 10.0 Å². The van der Waals surface area contributed by atoms with E-state index in [1.807, 2.05) is 39.8 Å². The van der Waals surface area contributed by atoms with Gasteiger partial charge in [-0.15, -0.1) is 0 Å². The van der Waals surface area contributed by atoms with E-state index in [2.05, 4.69) is 36.1 Å². The maximum absolute atomic E-state index is 14.3. The average Bonchev–Trinajstić information content (AvgIpc) is 3.13. The summed E-state index contributed by atoms with van der Waals surface area (Å²) in [6.07, 6.45) is 17.3. The zero-order valence-electron chi connectivity index (χ0n) is 35.6. The third-order valence-corrected chi connectivity index (χ3v) is 13.1. The molecule has 3 aromatic rings. The van der Waals surface area contributed by atoms with Crippen molar-refractivity contribution in [2.45, 2.75) is 161 Å². The van der Waals surface area contributed by atoms with E-state index in [0.717, 1.165) is 42.2 Å². The van der Waals surface area contributed by atoms with Gasteiger partial charge in [-0.1, -0.05) is 144 Å². The average molecular weight is 811 g/mol. The quantitative estimate of drug-likeness (QED) is 0.0732. The molecular formula is C45H70N4O5S2. The van der Waals surface area contributed by atoms with Gasteiger partial charge in [-0.2, -0.15) is 0 Å². The summed E-state index contributed by atoms with van der Waals surface area (Å²) in [4.78, 5) is 13.7. The van der Waals surface area contributed by atoms with Gasteiger partial charge >= 0.3 is 0 Å². The molecule has 0 aromatic heterocycles. The lowest BCUT2D eigenvalue weighted by atomic mass is 9.89. The van der Waals surface area contributed by atoms with Crippen LogP contribution >= 0.6 is 0 Å². The number of rotatable bonds is 25. The van der Waals surface area contributed by atoms with Crippen LogP contribution in [0.3, 0.4) is 0 Å². The van der Waals surface area contributed by atoms with E-state index in [1.165, 1.54) is 75.6 Å². The molecule has 56 heavy (non-hydrogen) atoms. The number of nitrogens with one attached hydrogen (secondary N) is 3. The Morgan fingerprint density at radius 3 is 1.68 bits per heavy atom. The first kappa shape index (κ1) is 46.8. The van der Waals surface area contributed by atoms with Gasteiger partial charge in [0.05, 0.1) is 33.9 Å². The number of carbonyl (C=O) groups is 1. The Balaban J connectivity index is 1.81. The first-order valence-corrected chi connectivity index (χ1v) is 24.2. The molecule has 9 nitrogen and oxygen atoms in total. The summed E-state index contributed by atoms with van der Waals surface area (Å²) in [7, 11) is -6.03. The second-order valence-electron chi connectivity index (χ2n) is 16.3. The van der Waals surface area contributed by atoms with Gasteiger partial charge < -0.3 is 10.6 Å². The summed E-state index contributed by atoms with van der Waals surface area (Å²) in [5, 5.41) is 6.35. The summed E-state index contributed by atoms with van der Waals surface area (Å²) in [6, 6.07) is 16.0. The normalized spacial score (nSPS) is 12.1. The topological polar surface area (TPSA) is 125 Å². The van der Waals surface area contributed by atoms with Crippen LogP contribution in [0.25, 0.3) is 0 Å². The van der Waals surface area contributed by atoms with Crippen LogP contribution < -0.4 is 19.7 Å². The number of sulfonamides is 2. The van der Waals surface area contributed by atoms with Crippen LogP contribution in [0.2, 0.25) is 0 Å². The lowest BCUT2D eigenvalue weighted by Crippen LogP contribution is -2.24. The van der Waals surface area contributed by atoms with Gasteiger partial charge in [0.2, 0.25) is 15.9 Å². The number of nitrogens with zero attached hydrogens (tertiary/aromatic N) is 1. The van der Waals surface area contributed by atoms with E-state index >= 15 is 0 Å². The largest absolute Gasteiger partial charge is 0.354 e. The van der Waals surface area contributed by atoms with Crippen LogP contribution in [0.5, 0.6) is 0 Å². The van der Waals surface area contributed by atoms with Crippen molar-refractivity contribution in [1.29, 1.82) is 0 Å². The minimum Gasteiger partial charge on any atom is -0.354 e. The van der Waals surface area contributed by atoms with Crippen LogP contribution in [0.15, 0.2) is 59.5 Å². The van der Waals surface area contributed by atoms with Crippen molar-refractivity contribution in [2.24, 2.45) is 0 Å². The van der Waals surface area contributed by atoms with E-state index in [1.54, 1.807) is 42.5 Å². The molecule has 0 heterocycles. The highest BCUT2D eigenvalue weighted by molar-refractivity contribution is 7.93. The Morgan fingerprint density at radius 2 is 1.18 bits per heavy atom. The Bertz CT molecular complexity index is 1890. The van der Waals surface area contributed by atoms with Crippen LogP contribution in [0.4, 0.5) is 28.4 Å². The Kier molecular flexibility index (Phi) is 18.7. The smallest absolute Gasteiger partial charge is 0.262 e. The molecular weight excluding hydrogens is 741 g/mol. The van der Waals surface area contributed by atoms with Crippen LogP contribution in [0.1, 0.15) is 173 Å². The Morgan fingerprint density at radius 1 is 0.643 bits per heavy atom. The molecule has 0 aliphatic heterocycles. The SMILES string of the molecule is CCCCCCCCCCCCCCCC(=O)Nc1cc(NS(=O)(=O)c2c(C(C)C)cc(C(C)C)cc2C(C)C)ccc1Nc1cccc(N(C)S(C)(=O)=O)c1. The third-order valence-electron chi connectivity index (χ3n) is 10.4. The minimum absolute atomic E-state index is 0.0261. The Labute approximate surface area is 339 Å². The van der Waals surface area contributed by atoms with Gasteiger partial charge in [0, 0.05) is 19.2 Å². The van der Waals surface area contributed by atoms with Gasteiger partial charge in [-0.25, -0.2) is 16.8 Å². The highest BCUT2D eigenvalue weighted by Crippen LogP contribution is 2.37. The molecule has 0 bridgehead atoms. The summed E-state index contributed by atoms with van der Waals surface area (Å²) < 4.78 is 57.1. The molecule has 0 fully saturated rings. The molecule has 0 radical (unpaired) electrons. The molecule has 3 rings (SSSR count). The standard InChI is InChI=1S/C45H70N4O5S2/c1-10-11-12-13-14-15-16-17-18-19-20-21-22-26-44(50)47-43-32-38(27-28-42(43)46-37-24-23-25-39(31-37)49(8)55(9,51)52)48-56(53,54)45-40(34(4)5)29-36(33(2)3)30-41(45)35(6)7/h23-25,27-35,46,48H,10-22,26H2,1-9H3,(H,47,50). The van der Waals surface area contributed by atoms with Crippen molar-refractivity contribution >= 4 is 54.4 Å². The summed E-state index contributed by atoms with van der Waals surface area (Å²) in [6.45, 7) is 14.5. The first-order chi connectivity index (χ1) is 26.4. The molecule has 0 aliphatic carbocycles. The number of anilines is 5. The van der Waals surface area contributed by atoms with Crippen LogP contribution in [-0.4, -0.2) is 36.0 Å². The van der Waals surface area contributed by atoms with Gasteiger partial charge in [0.1, 0.15) is 0 Å². The zero-order valence-corrected chi connectivity index (χ0v) is 37.3. The molecule has 11 heteroatoms. The number of carbonyl (C=O) groups excluding carboxylic acids is 1. The number of benzene rings is 3.